The van der Waals surface area contributed by atoms with E-state index in [1.54, 1.807) is 30.3 Å². The second-order valence-electron chi connectivity index (χ2n) is 8.16. The second kappa shape index (κ2) is 9.85. The molecule has 7 heteroatoms. The van der Waals surface area contributed by atoms with Gasteiger partial charge < -0.3 is 10.2 Å². The van der Waals surface area contributed by atoms with Gasteiger partial charge in [-0.05, 0) is 69.8 Å². The van der Waals surface area contributed by atoms with Gasteiger partial charge in [0.25, 0.3) is 0 Å². The quantitative estimate of drug-likeness (QED) is 0.705. The van der Waals surface area contributed by atoms with Gasteiger partial charge in [-0.2, -0.15) is 4.31 Å². The summed E-state index contributed by atoms with van der Waals surface area (Å²) in [6.07, 6.45) is 4.69. The van der Waals surface area contributed by atoms with Crippen LogP contribution in [0, 0.1) is 11.8 Å². The Morgan fingerprint density at radius 1 is 1.04 bits per heavy atom. The highest BCUT2D eigenvalue weighted by atomic mass is 32.2. The van der Waals surface area contributed by atoms with E-state index >= 15 is 0 Å². The van der Waals surface area contributed by atoms with Crippen LogP contribution in [0.2, 0.25) is 0 Å². The number of sulfonamides is 1. The molecule has 156 valence electrons. The maximum atomic E-state index is 12.7. The number of nitrogens with one attached hydrogen (secondary N) is 1. The fraction of sp³-hybridized carbons (Fsp3) is 0.667. The van der Waals surface area contributed by atoms with Crippen LogP contribution < -0.4 is 5.32 Å². The zero-order chi connectivity index (χ0) is 20.0. The van der Waals surface area contributed by atoms with E-state index < -0.39 is 10.0 Å². The molecule has 0 atom stereocenters. The van der Waals surface area contributed by atoms with Crippen LogP contribution in [0.15, 0.2) is 35.2 Å². The molecule has 1 aromatic rings. The van der Waals surface area contributed by atoms with Crippen molar-refractivity contribution in [1.82, 2.24) is 14.5 Å². The number of likely N-dealkylation sites (tertiary alicyclic amines) is 1. The van der Waals surface area contributed by atoms with Crippen molar-refractivity contribution >= 4 is 15.9 Å². The fourth-order valence-corrected chi connectivity index (χ4v) is 5.53. The van der Waals surface area contributed by atoms with Gasteiger partial charge in [-0.15, -0.1) is 0 Å². The average Bonchev–Trinajstić information content (AvgIpc) is 2.73. The van der Waals surface area contributed by atoms with Gasteiger partial charge in [0.1, 0.15) is 0 Å². The summed E-state index contributed by atoms with van der Waals surface area (Å²) in [4.78, 5) is 15.2. The molecule has 3 rings (SSSR count). The fourth-order valence-electron chi connectivity index (χ4n) is 4.04. The molecule has 0 spiro atoms. The number of rotatable bonds is 7. The van der Waals surface area contributed by atoms with Crippen molar-refractivity contribution in [2.24, 2.45) is 11.8 Å². The molecule has 0 saturated carbocycles. The van der Waals surface area contributed by atoms with Crippen LogP contribution in [0.1, 0.15) is 39.0 Å². The zero-order valence-corrected chi connectivity index (χ0v) is 17.7. The molecule has 2 heterocycles. The van der Waals surface area contributed by atoms with E-state index in [0.717, 1.165) is 18.9 Å². The summed E-state index contributed by atoms with van der Waals surface area (Å²) in [5.41, 5.74) is 0. The lowest BCUT2D eigenvalue weighted by Gasteiger charge is -2.31. The third kappa shape index (κ3) is 5.55. The smallest absolute Gasteiger partial charge is 0.243 e. The Hall–Kier alpha value is -1.44. The lowest BCUT2D eigenvalue weighted by molar-refractivity contribution is -0.126. The van der Waals surface area contributed by atoms with Crippen molar-refractivity contribution in [2.75, 3.05) is 39.3 Å². The average molecular weight is 408 g/mol. The minimum absolute atomic E-state index is 0.0732. The molecule has 0 aliphatic carbocycles. The molecule has 6 nitrogen and oxygen atoms in total. The van der Waals surface area contributed by atoms with E-state index in [-0.39, 0.29) is 11.8 Å². The van der Waals surface area contributed by atoms with Crippen LogP contribution in [0.4, 0.5) is 0 Å². The Labute approximate surface area is 169 Å². The molecule has 2 aliphatic heterocycles. The monoisotopic (exact) mass is 407 g/mol. The maximum absolute atomic E-state index is 12.7. The van der Waals surface area contributed by atoms with Gasteiger partial charge in [0.15, 0.2) is 0 Å². The van der Waals surface area contributed by atoms with Crippen molar-refractivity contribution in [1.29, 1.82) is 0 Å². The van der Waals surface area contributed by atoms with Crippen molar-refractivity contribution in [3.8, 4) is 0 Å². The summed E-state index contributed by atoms with van der Waals surface area (Å²) in [6, 6.07) is 8.52. The van der Waals surface area contributed by atoms with Crippen LogP contribution in [0.25, 0.3) is 0 Å². The maximum Gasteiger partial charge on any atom is 0.243 e. The van der Waals surface area contributed by atoms with Gasteiger partial charge in [0, 0.05) is 25.6 Å². The first-order chi connectivity index (χ1) is 13.5. The van der Waals surface area contributed by atoms with Crippen molar-refractivity contribution in [3.63, 3.8) is 0 Å². The first-order valence-corrected chi connectivity index (χ1v) is 12.0. The Bertz CT molecular complexity index is 723. The largest absolute Gasteiger partial charge is 0.356 e. The number of carbonyl (C=O) groups is 1. The number of benzene rings is 1. The van der Waals surface area contributed by atoms with Crippen molar-refractivity contribution in [2.45, 2.75) is 43.9 Å². The van der Waals surface area contributed by atoms with E-state index in [1.807, 2.05) is 0 Å². The molecule has 1 N–H and O–H groups in total. The SMILES string of the molecule is CC1CCN(CCCNC(=O)C2CCN(S(=O)(=O)c3ccccc3)CC2)CC1. The van der Waals surface area contributed by atoms with Gasteiger partial charge in [-0.1, -0.05) is 25.1 Å². The van der Waals surface area contributed by atoms with Gasteiger partial charge in [-0.3, -0.25) is 4.79 Å². The number of piperidine rings is 2. The summed E-state index contributed by atoms with van der Waals surface area (Å²) >= 11 is 0. The molecule has 1 amide bonds. The van der Waals surface area contributed by atoms with E-state index in [0.29, 0.717) is 37.4 Å². The number of hydrogen-bond donors (Lipinski definition) is 1. The summed E-state index contributed by atoms with van der Waals surface area (Å²) < 4.78 is 26.8. The van der Waals surface area contributed by atoms with Crippen LogP contribution in [0.5, 0.6) is 0 Å². The zero-order valence-electron chi connectivity index (χ0n) is 16.8. The van der Waals surface area contributed by atoms with Crippen molar-refractivity contribution in [3.05, 3.63) is 30.3 Å². The summed E-state index contributed by atoms with van der Waals surface area (Å²) in [7, 11) is -3.45. The standard InChI is InChI=1S/C21H33N3O3S/c1-18-8-14-23(15-9-18)13-5-12-22-21(25)19-10-16-24(17-11-19)28(26,27)20-6-3-2-4-7-20/h2-4,6-7,18-19H,5,8-17H2,1H3,(H,22,25). The van der Waals surface area contributed by atoms with E-state index in [4.69, 9.17) is 0 Å². The third-order valence-corrected chi connectivity index (χ3v) is 7.95. The molecule has 0 aromatic heterocycles. The summed E-state index contributed by atoms with van der Waals surface area (Å²) in [5, 5.41) is 3.05. The number of amides is 1. The van der Waals surface area contributed by atoms with Crippen LogP contribution in [-0.2, 0) is 14.8 Å². The third-order valence-electron chi connectivity index (χ3n) is 6.03. The minimum Gasteiger partial charge on any atom is -0.356 e. The van der Waals surface area contributed by atoms with E-state index in [1.165, 1.54) is 30.2 Å². The van der Waals surface area contributed by atoms with Crippen LogP contribution in [-0.4, -0.2) is 62.8 Å². The van der Waals surface area contributed by atoms with E-state index in [2.05, 4.69) is 17.1 Å². The lowest BCUT2D eigenvalue weighted by Crippen LogP contribution is -2.43. The first kappa shape index (κ1) is 21.3. The molecule has 0 radical (unpaired) electrons. The number of nitrogens with zero attached hydrogens (tertiary/aromatic N) is 2. The van der Waals surface area contributed by atoms with Gasteiger partial charge >= 0.3 is 0 Å². The van der Waals surface area contributed by atoms with Crippen LogP contribution >= 0.6 is 0 Å². The van der Waals surface area contributed by atoms with Gasteiger partial charge in [0.05, 0.1) is 4.90 Å². The number of hydrogen-bond acceptors (Lipinski definition) is 4. The minimum atomic E-state index is -3.45. The Balaban J connectivity index is 1.37. The molecule has 2 fully saturated rings. The highest BCUT2D eigenvalue weighted by molar-refractivity contribution is 7.89. The highest BCUT2D eigenvalue weighted by Crippen LogP contribution is 2.24. The van der Waals surface area contributed by atoms with Gasteiger partial charge in [-0.25, -0.2) is 8.42 Å². The molecule has 0 unspecified atom stereocenters. The van der Waals surface area contributed by atoms with E-state index in [9.17, 15) is 13.2 Å². The van der Waals surface area contributed by atoms with Crippen LogP contribution in [0.3, 0.4) is 0 Å². The molecular weight excluding hydrogens is 374 g/mol. The molecule has 28 heavy (non-hydrogen) atoms. The predicted octanol–water partition coefficient (Wildman–Crippen LogP) is 2.33. The molecule has 2 aliphatic rings. The lowest BCUT2D eigenvalue weighted by atomic mass is 9.97. The first-order valence-electron chi connectivity index (χ1n) is 10.5. The summed E-state index contributed by atoms with van der Waals surface area (Å²) in [5.74, 6) is 0.828. The van der Waals surface area contributed by atoms with Gasteiger partial charge in [0.2, 0.25) is 15.9 Å². The topological polar surface area (TPSA) is 69.7 Å². The molecular formula is C21H33N3O3S. The summed E-state index contributed by atoms with van der Waals surface area (Å²) in [6.45, 7) is 7.21. The molecule has 1 aromatic carbocycles. The molecule has 0 bridgehead atoms. The van der Waals surface area contributed by atoms with Crippen molar-refractivity contribution < 1.29 is 13.2 Å². The number of carbonyl (C=O) groups excluding carboxylic acids is 1. The second-order valence-corrected chi connectivity index (χ2v) is 10.1. The highest BCUT2D eigenvalue weighted by Gasteiger charge is 2.31. The Morgan fingerprint density at radius 3 is 2.32 bits per heavy atom. The normalized spacial score (nSPS) is 20.9. The Morgan fingerprint density at radius 2 is 1.68 bits per heavy atom. The molecule has 2 saturated heterocycles. The Kier molecular flexibility index (Phi) is 7.48. The predicted molar refractivity (Wildman–Crippen MR) is 110 cm³/mol.